The summed E-state index contributed by atoms with van der Waals surface area (Å²) in [7, 11) is 1.56. The maximum absolute atomic E-state index is 10.6. The van der Waals surface area contributed by atoms with Gasteiger partial charge in [-0.2, -0.15) is 5.10 Å². The summed E-state index contributed by atoms with van der Waals surface area (Å²) in [6, 6.07) is 10.8. The number of hydrogen-bond donors (Lipinski definition) is 2. The first-order valence-electron chi connectivity index (χ1n) is 8.59. The Bertz CT molecular complexity index is 806. The summed E-state index contributed by atoms with van der Waals surface area (Å²) in [5.41, 5.74) is 10.1. The van der Waals surface area contributed by atoms with Gasteiger partial charge in [0, 0.05) is 6.42 Å². The molecule has 0 heterocycles. The second-order valence-corrected chi connectivity index (χ2v) is 5.96. The highest BCUT2D eigenvalue weighted by Crippen LogP contribution is 2.27. The first-order valence-corrected chi connectivity index (χ1v) is 8.59. The van der Waals surface area contributed by atoms with Crippen LogP contribution in [0.1, 0.15) is 23.1 Å². The summed E-state index contributed by atoms with van der Waals surface area (Å²) in [5.74, 6) is 2.11. The van der Waals surface area contributed by atoms with Crippen molar-refractivity contribution in [2.75, 3.05) is 20.3 Å². The van der Waals surface area contributed by atoms with E-state index in [1.807, 2.05) is 19.9 Å². The predicted molar refractivity (Wildman–Crippen MR) is 105 cm³/mol. The van der Waals surface area contributed by atoms with Gasteiger partial charge in [0.15, 0.2) is 11.5 Å². The molecule has 0 radical (unpaired) electrons. The molecule has 2 amide bonds. The third-order valence-electron chi connectivity index (χ3n) is 3.72. The first kappa shape index (κ1) is 20.1. The van der Waals surface area contributed by atoms with Gasteiger partial charge in [-0.3, -0.25) is 0 Å². The van der Waals surface area contributed by atoms with Crippen LogP contribution in [0.4, 0.5) is 4.79 Å². The van der Waals surface area contributed by atoms with Crippen LogP contribution >= 0.6 is 0 Å². The van der Waals surface area contributed by atoms with Crippen molar-refractivity contribution in [3.63, 3.8) is 0 Å². The van der Waals surface area contributed by atoms with Crippen LogP contribution in [-0.2, 0) is 0 Å². The first-order chi connectivity index (χ1) is 13.0. The van der Waals surface area contributed by atoms with Crippen LogP contribution in [0.5, 0.6) is 17.2 Å². The van der Waals surface area contributed by atoms with Gasteiger partial charge in [-0.15, -0.1) is 0 Å². The number of urea groups is 1. The summed E-state index contributed by atoms with van der Waals surface area (Å²) in [4.78, 5) is 10.6. The standard InChI is InChI=1S/C20H25N3O4/c1-14-5-6-15(2)18(11-14)27-10-4-9-26-17-8-7-16(12-19(17)25-3)13-22-23-20(21)24/h5-8,11-13H,4,9-10H2,1-3H3,(H3,21,23,24)/b22-13+. The number of aryl methyl sites for hydroxylation is 2. The van der Waals surface area contributed by atoms with E-state index in [2.05, 4.69) is 22.7 Å². The van der Waals surface area contributed by atoms with E-state index in [9.17, 15) is 4.79 Å². The topological polar surface area (TPSA) is 95.2 Å². The maximum atomic E-state index is 10.6. The highest BCUT2D eigenvalue weighted by Gasteiger charge is 2.06. The summed E-state index contributed by atoms with van der Waals surface area (Å²) in [6.07, 6.45) is 2.21. The van der Waals surface area contributed by atoms with Gasteiger partial charge in [0.2, 0.25) is 0 Å². The molecule has 0 atom stereocenters. The summed E-state index contributed by atoms with van der Waals surface area (Å²) in [5, 5.41) is 3.71. The van der Waals surface area contributed by atoms with Crippen molar-refractivity contribution in [1.82, 2.24) is 5.43 Å². The lowest BCUT2D eigenvalue weighted by Gasteiger charge is -2.12. The van der Waals surface area contributed by atoms with Crippen molar-refractivity contribution >= 4 is 12.2 Å². The zero-order chi connectivity index (χ0) is 19.6. The molecule has 0 unspecified atom stereocenters. The molecule has 7 nitrogen and oxygen atoms in total. The number of ether oxygens (including phenoxy) is 3. The minimum Gasteiger partial charge on any atom is -0.493 e. The molecule has 0 saturated heterocycles. The predicted octanol–water partition coefficient (Wildman–Crippen LogP) is 3.16. The van der Waals surface area contributed by atoms with Crippen molar-refractivity contribution in [2.45, 2.75) is 20.3 Å². The van der Waals surface area contributed by atoms with Crippen molar-refractivity contribution in [1.29, 1.82) is 0 Å². The number of nitrogens with two attached hydrogens (primary N) is 1. The molecule has 0 aliphatic heterocycles. The van der Waals surface area contributed by atoms with Gasteiger partial charge in [0.05, 0.1) is 26.5 Å². The van der Waals surface area contributed by atoms with Crippen LogP contribution in [0.25, 0.3) is 0 Å². The average Bonchev–Trinajstić information content (AvgIpc) is 2.64. The minimum atomic E-state index is -0.721. The number of methoxy groups -OCH3 is 1. The molecule has 2 rings (SSSR count). The van der Waals surface area contributed by atoms with Gasteiger partial charge in [0.1, 0.15) is 5.75 Å². The van der Waals surface area contributed by atoms with Crippen LogP contribution in [0.15, 0.2) is 41.5 Å². The lowest BCUT2D eigenvalue weighted by atomic mass is 10.1. The van der Waals surface area contributed by atoms with E-state index >= 15 is 0 Å². The maximum Gasteiger partial charge on any atom is 0.332 e. The lowest BCUT2D eigenvalue weighted by molar-refractivity contribution is 0.239. The third kappa shape index (κ3) is 6.54. The third-order valence-corrected chi connectivity index (χ3v) is 3.72. The van der Waals surface area contributed by atoms with Gasteiger partial charge in [-0.05, 0) is 54.8 Å². The molecule has 0 aliphatic rings. The highest BCUT2D eigenvalue weighted by atomic mass is 16.5. The van der Waals surface area contributed by atoms with Crippen molar-refractivity contribution in [2.24, 2.45) is 10.8 Å². The fourth-order valence-corrected chi connectivity index (χ4v) is 2.34. The number of carbonyl (C=O) groups is 1. The Morgan fingerprint density at radius 1 is 1.07 bits per heavy atom. The van der Waals surface area contributed by atoms with Gasteiger partial charge in [-0.1, -0.05) is 12.1 Å². The normalized spacial score (nSPS) is 10.6. The molecule has 0 bridgehead atoms. The Kier molecular flexibility index (Phi) is 7.49. The van der Waals surface area contributed by atoms with Crippen molar-refractivity contribution < 1.29 is 19.0 Å². The fraction of sp³-hybridized carbons (Fsp3) is 0.300. The summed E-state index contributed by atoms with van der Waals surface area (Å²) in [6.45, 7) is 5.13. The molecular weight excluding hydrogens is 346 g/mol. The second-order valence-electron chi connectivity index (χ2n) is 5.96. The van der Waals surface area contributed by atoms with Crippen LogP contribution in [0.3, 0.4) is 0 Å². The minimum absolute atomic E-state index is 0.498. The number of hydrazone groups is 1. The molecule has 7 heteroatoms. The number of nitrogens with zero attached hydrogens (tertiary/aromatic N) is 1. The number of hydrogen-bond acceptors (Lipinski definition) is 5. The van der Waals surface area contributed by atoms with Gasteiger partial charge >= 0.3 is 6.03 Å². The van der Waals surface area contributed by atoms with Crippen LogP contribution in [-0.4, -0.2) is 32.6 Å². The molecule has 2 aromatic carbocycles. The molecular formula is C20H25N3O4. The Morgan fingerprint density at radius 3 is 2.52 bits per heavy atom. The van der Waals surface area contributed by atoms with E-state index in [1.54, 1.807) is 25.3 Å². The lowest BCUT2D eigenvalue weighted by Crippen LogP contribution is -2.24. The number of rotatable bonds is 9. The monoisotopic (exact) mass is 371 g/mol. The number of primary amides is 1. The van der Waals surface area contributed by atoms with E-state index in [-0.39, 0.29) is 0 Å². The highest BCUT2D eigenvalue weighted by molar-refractivity contribution is 5.82. The van der Waals surface area contributed by atoms with E-state index < -0.39 is 6.03 Å². The molecule has 0 aliphatic carbocycles. The number of amides is 2. The zero-order valence-corrected chi connectivity index (χ0v) is 15.8. The molecule has 2 aromatic rings. The molecule has 3 N–H and O–H groups in total. The van der Waals surface area contributed by atoms with Crippen LogP contribution in [0, 0.1) is 13.8 Å². The number of carbonyl (C=O) groups excluding carboxylic acids is 1. The SMILES string of the molecule is COc1cc(/C=N/NC(N)=O)ccc1OCCCOc1cc(C)ccc1C. The quantitative estimate of drug-likeness (QED) is 0.402. The van der Waals surface area contributed by atoms with Crippen LogP contribution in [0.2, 0.25) is 0 Å². The Labute approximate surface area is 159 Å². The van der Waals surface area contributed by atoms with Gasteiger partial charge < -0.3 is 19.9 Å². The Morgan fingerprint density at radius 2 is 1.81 bits per heavy atom. The van der Waals surface area contributed by atoms with Gasteiger partial charge in [-0.25, -0.2) is 10.2 Å². The van der Waals surface area contributed by atoms with E-state index in [0.717, 1.165) is 23.3 Å². The van der Waals surface area contributed by atoms with E-state index in [4.69, 9.17) is 19.9 Å². The zero-order valence-electron chi connectivity index (χ0n) is 15.8. The number of benzene rings is 2. The summed E-state index contributed by atoms with van der Waals surface area (Å²) >= 11 is 0. The smallest absolute Gasteiger partial charge is 0.332 e. The Balaban J connectivity index is 1.83. The Hall–Kier alpha value is -3.22. The van der Waals surface area contributed by atoms with Crippen molar-refractivity contribution in [3.8, 4) is 17.2 Å². The molecule has 0 saturated carbocycles. The molecule has 0 spiro atoms. The second kappa shape index (κ2) is 10.1. The molecule has 0 aromatic heterocycles. The molecule has 144 valence electrons. The van der Waals surface area contributed by atoms with Gasteiger partial charge in [0.25, 0.3) is 0 Å². The van der Waals surface area contributed by atoms with E-state index in [1.165, 1.54) is 11.8 Å². The fourth-order valence-electron chi connectivity index (χ4n) is 2.34. The molecule has 27 heavy (non-hydrogen) atoms. The average molecular weight is 371 g/mol. The molecule has 0 fully saturated rings. The van der Waals surface area contributed by atoms with Crippen LogP contribution < -0.4 is 25.4 Å². The summed E-state index contributed by atoms with van der Waals surface area (Å²) < 4.78 is 16.9. The van der Waals surface area contributed by atoms with Crippen molar-refractivity contribution in [3.05, 3.63) is 53.1 Å². The van der Waals surface area contributed by atoms with E-state index in [0.29, 0.717) is 24.7 Å². The largest absolute Gasteiger partial charge is 0.493 e. The number of nitrogens with one attached hydrogen (secondary N) is 1.